The Hall–Kier alpha value is -1.36. The minimum Gasteiger partial charge on any atom is -0.321 e. The van der Waals surface area contributed by atoms with Crippen molar-refractivity contribution in [2.24, 2.45) is 5.73 Å². The van der Waals surface area contributed by atoms with Crippen LogP contribution in [0.2, 0.25) is 0 Å². The van der Waals surface area contributed by atoms with Crippen LogP contribution in [-0.4, -0.2) is 21.6 Å². The lowest BCUT2D eigenvalue weighted by Gasteiger charge is -2.21. The van der Waals surface area contributed by atoms with Crippen LogP contribution in [0.1, 0.15) is 31.7 Å². The molecule has 0 aromatic carbocycles. The number of nitrogens with one attached hydrogen (secondary N) is 2. The summed E-state index contributed by atoms with van der Waals surface area (Å²) in [7, 11) is 0. The molecule has 0 saturated carbocycles. The number of rotatable bonds is 3. The lowest BCUT2D eigenvalue weighted by atomic mass is 9.99. The maximum atomic E-state index is 11.8. The summed E-state index contributed by atoms with van der Waals surface area (Å²) in [5.41, 5.74) is 7.34. The molecule has 0 saturated heterocycles. The van der Waals surface area contributed by atoms with Crippen molar-refractivity contribution >= 4 is 11.6 Å². The van der Waals surface area contributed by atoms with Gasteiger partial charge in [-0.2, -0.15) is 5.10 Å². The molecule has 84 valence electrons. The van der Waals surface area contributed by atoms with Crippen LogP contribution in [0.4, 0.5) is 5.69 Å². The van der Waals surface area contributed by atoms with Gasteiger partial charge in [-0.25, -0.2) is 0 Å². The number of nitrogens with two attached hydrogens (primary N) is 1. The van der Waals surface area contributed by atoms with Crippen LogP contribution in [0, 0.1) is 13.8 Å². The predicted octanol–water partition coefficient (Wildman–Crippen LogP) is 1.09. The monoisotopic (exact) mass is 210 g/mol. The molecule has 1 atom stereocenters. The van der Waals surface area contributed by atoms with Crippen molar-refractivity contribution < 1.29 is 4.79 Å². The molecule has 1 aromatic rings. The number of carbonyl (C=O) groups excluding carboxylic acids is 1. The van der Waals surface area contributed by atoms with Gasteiger partial charge in [0.2, 0.25) is 5.91 Å². The quantitative estimate of drug-likeness (QED) is 0.698. The van der Waals surface area contributed by atoms with Crippen molar-refractivity contribution in [1.29, 1.82) is 0 Å². The van der Waals surface area contributed by atoms with E-state index in [2.05, 4.69) is 15.5 Å². The van der Waals surface area contributed by atoms with Crippen LogP contribution in [0.15, 0.2) is 0 Å². The zero-order chi connectivity index (χ0) is 11.6. The number of H-pyrrole nitrogens is 1. The van der Waals surface area contributed by atoms with Gasteiger partial charge >= 0.3 is 0 Å². The van der Waals surface area contributed by atoms with Gasteiger partial charge in [0.25, 0.3) is 0 Å². The third-order valence-electron chi connectivity index (χ3n) is 2.62. The van der Waals surface area contributed by atoms with E-state index in [1.807, 2.05) is 20.8 Å². The molecule has 1 heterocycles. The van der Waals surface area contributed by atoms with Gasteiger partial charge in [0.15, 0.2) is 0 Å². The molecule has 0 aliphatic heterocycles. The summed E-state index contributed by atoms with van der Waals surface area (Å²) in [5, 5.41) is 9.59. The minimum absolute atomic E-state index is 0.183. The Kier molecular flexibility index (Phi) is 3.14. The fourth-order valence-corrected chi connectivity index (χ4v) is 1.15. The summed E-state index contributed by atoms with van der Waals surface area (Å²) >= 11 is 0. The summed E-state index contributed by atoms with van der Waals surface area (Å²) in [5.74, 6) is -0.183. The van der Waals surface area contributed by atoms with Gasteiger partial charge in [-0.3, -0.25) is 9.89 Å². The smallest absolute Gasteiger partial charge is 0.244 e. The summed E-state index contributed by atoms with van der Waals surface area (Å²) in [6.45, 7) is 7.29. The Balaban J connectivity index is 2.84. The highest BCUT2D eigenvalue weighted by Crippen LogP contribution is 2.18. The van der Waals surface area contributed by atoms with Crippen molar-refractivity contribution in [3.63, 3.8) is 0 Å². The van der Waals surface area contributed by atoms with Crippen LogP contribution >= 0.6 is 0 Å². The number of nitrogens with zero attached hydrogens (tertiary/aromatic N) is 1. The van der Waals surface area contributed by atoms with Crippen LogP contribution in [0.5, 0.6) is 0 Å². The fourth-order valence-electron chi connectivity index (χ4n) is 1.15. The number of hydrogen-bond acceptors (Lipinski definition) is 3. The fraction of sp³-hybridized carbons (Fsp3) is 0.600. The largest absolute Gasteiger partial charge is 0.321 e. The number of aromatic nitrogens is 2. The second kappa shape index (κ2) is 4.02. The molecule has 0 spiro atoms. The molecule has 1 rings (SSSR count). The lowest BCUT2D eigenvalue weighted by Crippen LogP contribution is -2.47. The SMILES string of the molecule is CCC(C)(N)C(=O)Nc1c(C)n[nH]c1C. The zero-order valence-electron chi connectivity index (χ0n) is 9.64. The third kappa shape index (κ3) is 2.36. The molecule has 0 bridgehead atoms. The minimum atomic E-state index is -0.837. The molecule has 1 amide bonds. The van der Waals surface area contributed by atoms with E-state index in [4.69, 9.17) is 5.73 Å². The first-order chi connectivity index (χ1) is 6.88. The van der Waals surface area contributed by atoms with Crippen LogP contribution in [0.25, 0.3) is 0 Å². The van der Waals surface area contributed by atoms with Gasteiger partial charge < -0.3 is 11.1 Å². The number of hydrogen-bond donors (Lipinski definition) is 3. The molecule has 0 aliphatic rings. The van der Waals surface area contributed by atoms with E-state index in [1.165, 1.54) is 0 Å². The third-order valence-corrected chi connectivity index (χ3v) is 2.62. The molecule has 0 aliphatic carbocycles. The van der Waals surface area contributed by atoms with Gasteiger partial charge in [-0.15, -0.1) is 0 Å². The summed E-state index contributed by atoms with van der Waals surface area (Å²) < 4.78 is 0. The highest BCUT2D eigenvalue weighted by Gasteiger charge is 2.27. The molecule has 0 fully saturated rings. The number of aromatic amines is 1. The average Bonchev–Trinajstić information content (AvgIpc) is 2.49. The zero-order valence-corrected chi connectivity index (χ0v) is 9.64. The van der Waals surface area contributed by atoms with Crippen molar-refractivity contribution in [2.45, 2.75) is 39.7 Å². The maximum absolute atomic E-state index is 11.8. The normalized spacial score (nSPS) is 14.7. The molecule has 0 radical (unpaired) electrons. The molecule has 15 heavy (non-hydrogen) atoms. The van der Waals surface area contributed by atoms with Gasteiger partial charge in [-0.05, 0) is 27.2 Å². The van der Waals surface area contributed by atoms with Gasteiger partial charge in [0.05, 0.1) is 22.6 Å². The van der Waals surface area contributed by atoms with Gasteiger partial charge in [-0.1, -0.05) is 6.92 Å². The van der Waals surface area contributed by atoms with Crippen LogP contribution in [0.3, 0.4) is 0 Å². The molecular formula is C10H18N4O. The van der Waals surface area contributed by atoms with Crippen molar-refractivity contribution in [1.82, 2.24) is 10.2 Å². The summed E-state index contributed by atoms with van der Waals surface area (Å²) in [4.78, 5) is 11.8. The standard InChI is InChI=1S/C10H18N4O/c1-5-10(4,11)9(15)12-8-6(2)13-14-7(8)3/h5,11H2,1-4H3,(H,12,15)(H,13,14). The molecule has 4 N–H and O–H groups in total. The Morgan fingerprint density at radius 1 is 1.60 bits per heavy atom. The second-order valence-corrected chi connectivity index (χ2v) is 4.03. The molecule has 5 heteroatoms. The lowest BCUT2D eigenvalue weighted by molar-refractivity contribution is -0.120. The second-order valence-electron chi connectivity index (χ2n) is 4.03. The van der Waals surface area contributed by atoms with E-state index in [0.29, 0.717) is 6.42 Å². The van der Waals surface area contributed by atoms with Crippen molar-refractivity contribution in [3.05, 3.63) is 11.4 Å². The van der Waals surface area contributed by atoms with E-state index < -0.39 is 5.54 Å². The molecular weight excluding hydrogens is 192 g/mol. The Morgan fingerprint density at radius 3 is 2.60 bits per heavy atom. The predicted molar refractivity (Wildman–Crippen MR) is 59.6 cm³/mol. The average molecular weight is 210 g/mol. The van der Waals surface area contributed by atoms with Gasteiger partial charge in [0.1, 0.15) is 0 Å². The highest BCUT2D eigenvalue weighted by atomic mass is 16.2. The number of anilines is 1. The summed E-state index contributed by atoms with van der Waals surface area (Å²) in [6, 6.07) is 0. The first kappa shape index (κ1) is 11.7. The van der Waals surface area contributed by atoms with E-state index in [0.717, 1.165) is 17.1 Å². The summed E-state index contributed by atoms with van der Waals surface area (Å²) in [6.07, 6.45) is 0.592. The van der Waals surface area contributed by atoms with E-state index >= 15 is 0 Å². The van der Waals surface area contributed by atoms with Crippen molar-refractivity contribution in [3.8, 4) is 0 Å². The number of amides is 1. The van der Waals surface area contributed by atoms with E-state index in [1.54, 1.807) is 6.92 Å². The van der Waals surface area contributed by atoms with E-state index in [-0.39, 0.29) is 5.91 Å². The van der Waals surface area contributed by atoms with E-state index in [9.17, 15) is 4.79 Å². The first-order valence-corrected chi connectivity index (χ1v) is 5.00. The Morgan fingerprint density at radius 2 is 2.20 bits per heavy atom. The maximum Gasteiger partial charge on any atom is 0.244 e. The van der Waals surface area contributed by atoms with Crippen LogP contribution < -0.4 is 11.1 Å². The number of carbonyl (C=O) groups is 1. The topological polar surface area (TPSA) is 83.8 Å². The first-order valence-electron chi connectivity index (χ1n) is 5.00. The Labute approximate surface area is 89.4 Å². The number of aryl methyl sites for hydroxylation is 2. The highest BCUT2D eigenvalue weighted by molar-refractivity contribution is 5.98. The molecule has 1 unspecified atom stereocenters. The Bertz CT molecular complexity index is 348. The van der Waals surface area contributed by atoms with Crippen LogP contribution in [-0.2, 0) is 4.79 Å². The molecule has 5 nitrogen and oxygen atoms in total. The van der Waals surface area contributed by atoms with Gasteiger partial charge in [0, 0.05) is 0 Å². The molecule has 1 aromatic heterocycles. The van der Waals surface area contributed by atoms with Crippen molar-refractivity contribution in [2.75, 3.05) is 5.32 Å².